The zero-order valence-electron chi connectivity index (χ0n) is 18.7. The van der Waals surface area contributed by atoms with Gasteiger partial charge in [0.2, 0.25) is 21.1 Å². The van der Waals surface area contributed by atoms with Crippen LogP contribution < -0.4 is 0 Å². The lowest BCUT2D eigenvalue weighted by molar-refractivity contribution is -0.129. The molecule has 1 aliphatic carbocycles. The van der Waals surface area contributed by atoms with Crippen LogP contribution in [0.1, 0.15) is 28.9 Å². The van der Waals surface area contributed by atoms with Gasteiger partial charge in [-0.1, -0.05) is 17.8 Å². The number of thioether (sulfide) groups is 1. The monoisotopic (exact) mass is 486 g/mol. The van der Waals surface area contributed by atoms with E-state index in [2.05, 4.69) is 15.1 Å². The molecule has 1 aliphatic heterocycles. The topological polar surface area (TPSA) is 101 Å². The number of aryl methyl sites for hydroxylation is 4. The lowest BCUT2D eigenvalue weighted by Crippen LogP contribution is -2.51. The molecule has 0 N–H and O–H groups in total. The van der Waals surface area contributed by atoms with Crippen molar-refractivity contribution in [2.45, 2.75) is 43.2 Å². The van der Waals surface area contributed by atoms with E-state index in [-0.39, 0.29) is 11.7 Å². The van der Waals surface area contributed by atoms with Crippen molar-refractivity contribution in [3.8, 4) is 0 Å². The van der Waals surface area contributed by atoms with Crippen molar-refractivity contribution in [3.63, 3.8) is 0 Å². The molecule has 33 heavy (non-hydrogen) atoms. The maximum absolute atomic E-state index is 13.1. The first-order chi connectivity index (χ1) is 15.8. The third kappa shape index (κ3) is 4.36. The largest absolute Gasteiger partial charge is 0.339 e. The fraction of sp³-hybridized carbons (Fsp3) is 0.455. The van der Waals surface area contributed by atoms with E-state index >= 15 is 0 Å². The third-order valence-corrected chi connectivity index (χ3v) is 8.94. The normalized spacial score (nSPS) is 17.0. The zero-order valence-corrected chi connectivity index (χ0v) is 20.3. The van der Waals surface area contributed by atoms with E-state index in [4.69, 9.17) is 0 Å². The second-order valence-electron chi connectivity index (χ2n) is 8.50. The average Bonchev–Trinajstić information content (AvgIpc) is 3.43. The van der Waals surface area contributed by atoms with E-state index < -0.39 is 10.0 Å². The summed E-state index contributed by atoms with van der Waals surface area (Å²) in [5, 5.41) is 4.92. The summed E-state index contributed by atoms with van der Waals surface area (Å²) in [6.45, 7) is 5.19. The molecular weight excluding hydrogens is 460 g/mol. The van der Waals surface area contributed by atoms with Gasteiger partial charge in [0, 0.05) is 37.6 Å². The number of aromatic nitrogens is 4. The highest BCUT2D eigenvalue weighted by Crippen LogP contribution is 2.27. The minimum absolute atomic E-state index is 0.0469. The highest BCUT2D eigenvalue weighted by Gasteiger charge is 2.31. The summed E-state index contributed by atoms with van der Waals surface area (Å²) >= 11 is 1.27. The zero-order chi connectivity index (χ0) is 23.2. The Kier molecular flexibility index (Phi) is 5.87. The second kappa shape index (κ2) is 8.69. The molecule has 0 spiro atoms. The molecule has 1 saturated heterocycles. The number of carbonyl (C=O) groups is 1. The van der Waals surface area contributed by atoms with Crippen LogP contribution >= 0.6 is 11.8 Å². The van der Waals surface area contributed by atoms with Gasteiger partial charge in [0.05, 0.1) is 10.6 Å². The molecule has 5 rings (SSSR count). The van der Waals surface area contributed by atoms with E-state index in [9.17, 15) is 13.2 Å². The van der Waals surface area contributed by atoms with Gasteiger partial charge >= 0.3 is 0 Å². The molecule has 0 unspecified atom stereocenters. The van der Waals surface area contributed by atoms with Gasteiger partial charge in [0.15, 0.2) is 0 Å². The first kappa shape index (κ1) is 22.3. The Morgan fingerprint density at radius 2 is 1.79 bits per heavy atom. The number of hydrogen-bond donors (Lipinski definition) is 0. The number of sulfonamides is 1. The van der Waals surface area contributed by atoms with Crippen LogP contribution in [0.4, 0.5) is 0 Å². The van der Waals surface area contributed by atoms with Gasteiger partial charge in [-0.15, -0.1) is 5.10 Å². The molecule has 3 heterocycles. The molecule has 0 saturated carbocycles. The van der Waals surface area contributed by atoms with E-state index in [1.807, 2.05) is 32.0 Å². The van der Waals surface area contributed by atoms with Gasteiger partial charge < -0.3 is 4.90 Å². The number of nitrogens with zero attached hydrogens (tertiary/aromatic N) is 6. The summed E-state index contributed by atoms with van der Waals surface area (Å²) in [6, 6.07) is 7.41. The van der Waals surface area contributed by atoms with Gasteiger partial charge in [-0.2, -0.15) is 9.29 Å². The first-order valence-corrected chi connectivity index (χ1v) is 13.5. The van der Waals surface area contributed by atoms with Crippen LogP contribution in [-0.2, 0) is 27.7 Å². The molecule has 174 valence electrons. The minimum atomic E-state index is -3.55. The highest BCUT2D eigenvalue weighted by molar-refractivity contribution is 7.99. The van der Waals surface area contributed by atoms with E-state index in [1.54, 1.807) is 15.5 Å². The third-order valence-electron chi connectivity index (χ3n) is 6.22. The maximum Gasteiger partial charge on any atom is 0.253 e. The predicted octanol–water partition coefficient (Wildman–Crippen LogP) is 1.86. The van der Waals surface area contributed by atoms with Crippen molar-refractivity contribution >= 4 is 33.5 Å². The Hall–Kier alpha value is -2.50. The van der Waals surface area contributed by atoms with Gasteiger partial charge in [0.1, 0.15) is 0 Å². The summed E-state index contributed by atoms with van der Waals surface area (Å²) in [5.41, 5.74) is 4.20. The van der Waals surface area contributed by atoms with Crippen molar-refractivity contribution in [3.05, 3.63) is 46.8 Å². The lowest BCUT2D eigenvalue weighted by Gasteiger charge is -2.34. The van der Waals surface area contributed by atoms with Crippen molar-refractivity contribution < 1.29 is 13.2 Å². The Balaban J connectivity index is 1.18. The quantitative estimate of drug-likeness (QED) is 0.508. The Morgan fingerprint density at radius 3 is 2.58 bits per heavy atom. The summed E-state index contributed by atoms with van der Waals surface area (Å²) in [5.74, 6) is 0.675. The minimum Gasteiger partial charge on any atom is -0.339 e. The number of hydrogen-bond acceptors (Lipinski definition) is 7. The summed E-state index contributed by atoms with van der Waals surface area (Å²) < 4.78 is 29.4. The molecule has 11 heteroatoms. The lowest BCUT2D eigenvalue weighted by atomic mass is 10.1. The van der Waals surface area contributed by atoms with Crippen LogP contribution in [0, 0.1) is 13.8 Å². The van der Waals surface area contributed by atoms with Gasteiger partial charge in [-0.25, -0.2) is 17.9 Å². The van der Waals surface area contributed by atoms with Crippen LogP contribution in [0.3, 0.4) is 0 Å². The molecule has 0 atom stereocenters. The van der Waals surface area contributed by atoms with Crippen molar-refractivity contribution in [2.75, 3.05) is 31.9 Å². The fourth-order valence-corrected chi connectivity index (χ4v) is 6.66. The molecule has 1 amide bonds. The summed E-state index contributed by atoms with van der Waals surface area (Å²) in [6.07, 6.45) is 3.04. The number of fused-ring (bicyclic) bond motifs is 2. The molecule has 0 radical (unpaired) electrons. The molecule has 3 aromatic rings. The first-order valence-electron chi connectivity index (χ1n) is 11.0. The maximum atomic E-state index is 13.1. The molecule has 2 aromatic heterocycles. The van der Waals surface area contributed by atoms with E-state index in [1.165, 1.54) is 21.6 Å². The average molecular weight is 487 g/mol. The fourth-order valence-electron chi connectivity index (χ4n) is 4.46. The number of amides is 1. The van der Waals surface area contributed by atoms with Gasteiger partial charge in [-0.05, 0) is 62.4 Å². The van der Waals surface area contributed by atoms with Crippen LogP contribution in [0.25, 0.3) is 5.78 Å². The van der Waals surface area contributed by atoms with E-state index in [0.717, 1.165) is 36.2 Å². The number of piperazine rings is 1. The van der Waals surface area contributed by atoms with Crippen molar-refractivity contribution in [2.24, 2.45) is 0 Å². The highest BCUT2D eigenvalue weighted by atomic mass is 32.2. The van der Waals surface area contributed by atoms with Crippen molar-refractivity contribution in [1.82, 2.24) is 28.8 Å². The summed E-state index contributed by atoms with van der Waals surface area (Å²) in [4.78, 5) is 23.6. The smallest absolute Gasteiger partial charge is 0.253 e. The SMILES string of the molecule is Cc1cc(C)n2nc(SCC(=O)N3CCN(S(=O)(=O)c4ccc5c(c4)CCC5)CC3)nc2n1. The van der Waals surface area contributed by atoms with E-state index in [0.29, 0.717) is 42.0 Å². The van der Waals surface area contributed by atoms with Crippen LogP contribution in [0.5, 0.6) is 0 Å². The number of benzene rings is 1. The standard InChI is InChI=1S/C22H26N6O3S2/c1-15-12-16(2)28-21(23-15)24-22(25-28)32-14-20(29)26-8-10-27(11-9-26)33(30,31)19-7-6-17-4-3-5-18(17)13-19/h6-7,12-13H,3-5,8-11,14H2,1-2H3. The molecular formula is C22H26N6O3S2. The summed E-state index contributed by atoms with van der Waals surface area (Å²) in [7, 11) is -3.55. The van der Waals surface area contributed by atoms with Crippen molar-refractivity contribution in [1.29, 1.82) is 0 Å². The molecule has 1 fully saturated rings. The molecule has 2 aliphatic rings. The van der Waals surface area contributed by atoms with Crippen LogP contribution in [-0.4, -0.2) is 75.0 Å². The number of rotatable bonds is 5. The molecule has 9 nitrogen and oxygen atoms in total. The Morgan fingerprint density at radius 1 is 1.03 bits per heavy atom. The second-order valence-corrected chi connectivity index (χ2v) is 11.4. The number of carbonyl (C=O) groups excluding carboxylic acids is 1. The van der Waals surface area contributed by atoms with Gasteiger partial charge in [0.25, 0.3) is 5.78 Å². The van der Waals surface area contributed by atoms with Crippen LogP contribution in [0.2, 0.25) is 0 Å². The Bertz CT molecular complexity index is 1330. The van der Waals surface area contributed by atoms with Crippen LogP contribution in [0.15, 0.2) is 34.3 Å². The molecule has 1 aromatic carbocycles. The molecule has 0 bridgehead atoms. The predicted molar refractivity (Wildman–Crippen MR) is 125 cm³/mol. The van der Waals surface area contributed by atoms with Gasteiger partial charge in [-0.3, -0.25) is 4.79 Å². The Labute approximate surface area is 197 Å².